The zero-order chi connectivity index (χ0) is 26.5. The topological polar surface area (TPSA) is 38.8 Å². The number of carbonyl (C=O) groups is 1. The van der Waals surface area contributed by atoms with E-state index in [4.69, 9.17) is 9.47 Å². The third-order valence-electron chi connectivity index (χ3n) is 7.29. The van der Waals surface area contributed by atoms with Gasteiger partial charge in [-0.2, -0.15) is 0 Å². The molecule has 0 amide bonds. The van der Waals surface area contributed by atoms with Gasteiger partial charge in [0.05, 0.1) is 12.7 Å². The Morgan fingerprint density at radius 1 is 0.737 bits per heavy atom. The number of carbonyl (C=O) groups excluding carboxylic acids is 1. The molecule has 0 saturated heterocycles. The van der Waals surface area contributed by atoms with Gasteiger partial charge in [-0.1, -0.05) is 92.7 Å². The highest BCUT2D eigenvalue weighted by atomic mass is 16.5. The summed E-state index contributed by atoms with van der Waals surface area (Å²) in [5, 5.41) is 4.14. The van der Waals surface area contributed by atoms with Gasteiger partial charge in [0.2, 0.25) is 0 Å². The molecule has 0 unspecified atom stereocenters. The molecule has 4 heteroatoms. The van der Waals surface area contributed by atoms with E-state index in [0.29, 0.717) is 17.9 Å². The minimum Gasteiger partial charge on any atom is -0.495 e. The molecule has 0 aromatic heterocycles. The number of hydrogen-bond acceptors (Lipinski definition) is 4. The molecule has 0 atom stereocenters. The minimum absolute atomic E-state index is 0.441. The van der Waals surface area contributed by atoms with Gasteiger partial charge >= 0.3 is 0 Å². The number of rotatable bonds is 10. The van der Waals surface area contributed by atoms with Crippen molar-refractivity contribution in [1.29, 1.82) is 0 Å². The lowest BCUT2D eigenvalue weighted by molar-refractivity contribution is 0.112. The molecule has 0 N–H and O–H groups in total. The highest BCUT2D eigenvalue weighted by molar-refractivity contribution is 6.12. The van der Waals surface area contributed by atoms with Crippen molar-refractivity contribution in [3.05, 3.63) is 108 Å². The lowest BCUT2D eigenvalue weighted by atomic mass is 9.90. The summed E-state index contributed by atoms with van der Waals surface area (Å²) < 4.78 is 12.5. The fourth-order valence-electron chi connectivity index (χ4n) is 5.23. The van der Waals surface area contributed by atoms with Crippen LogP contribution in [0.15, 0.2) is 91.0 Å². The quantitative estimate of drug-likeness (QED) is 0.182. The van der Waals surface area contributed by atoms with Crippen LogP contribution in [0.5, 0.6) is 11.5 Å². The van der Waals surface area contributed by atoms with Crippen molar-refractivity contribution in [3.8, 4) is 22.6 Å². The van der Waals surface area contributed by atoms with Crippen molar-refractivity contribution in [2.45, 2.75) is 27.0 Å². The Bertz CT molecular complexity index is 1590. The Labute approximate surface area is 224 Å². The summed E-state index contributed by atoms with van der Waals surface area (Å²) in [6, 6.07) is 30.9. The van der Waals surface area contributed by atoms with E-state index in [2.05, 4.69) is 67.3 Å². The van der Waals surface area contributed by atoms with Crippen molar-refractivity contribution in [1.82, 2.24) is 4.90 Å². The largest absolute Gasteiger partial charge is 0.495 e. The van der Waals surface area contributed by atoms with E-state index in [9.17, 15) is 4.79 Å². The standard InChI is InChI=1S/C34H33NO3/c1-4-35(5-2)21-26-14-6-7-15-27(26)23-38-31-19-18-24-12-8-10-16-29(24)32(31)33-30-17-11-9-13-25(30)20-28(22-36)34(33)37-3/h6-20,22H,4-5,21,23H2,1-3H3. The Hall–Kier alpha value is -4.15. The van der Waals surface area contributed by atoms with Gasteiger partial charge in [0.1, 0.15) is 18.1 Å². The van der Waals surface area contributed by atoms with Gasteiger partial charge in [-0.05, 0) is 57.9 Å². The van der Waals surface area contributed by atoms with E-state index in [-0.39, 0.29) is 0 Å². The molecule has 5 rings (SSSR count). The van der Waals surface area contributed by atoms with Crippen molar-refractivity contribution < 1.29 is 14.3 Å². The lowest BCUT2D eigenvalue weighted by Crippen LogP contribution is -2.23. The Balaban J connectivity index is 1.68. The summed E-state index contributed by atoms with van der Waals surface area (Å²) >= 11 is 0. The third kappa shape index (κ3) is 4.88. The smallest absolute Gasteiger partial charge is 0.153 e. The fraction of sp³-hybridized carbons (Fsp3) is 0.206. The first-order valence-electron chi connectivity index (χ1n) is 13.2. The molecule has 0 aliphatic rings. The molecule has 5 aromatic carbocycles. The van der Waals surface area contributed by atoms with E-state index in [1.807, 2.05) is 42.5 Å². The van der Waals surface area contributed by atoms with E-state index in [1.54, 1.807) is 7.11 Å². The second kappa shape index (κ2) is 11.5. The first-order chi connectivity index (χ1) is 18.7. The van der Waals surface area contributed by atoms with Gasteiger partial charge in [-0.3, -0.25) is 9.69 Å². The maximum absolute atomic E-state index is 12.1. The number of hydrogen-bond donors (Lipinski definition) is 0. The molecule has 0 fully saturated rings. The number of aldehydes is 1. The number of benzene rings is 5. The van der Waals surface area contributed by atoms with E-state index in [0.717, 1.165) is 69.9 Å². The zero-order valence-electron chi connectivity index (χ0n) is 22.2. The highest BCUT2D eigenvalue weighted by Gasteiger charge is 2.21. The lowest BCUT2D eigenvalue weighted by Gasteiger charge is -2.22. The molecule has 0 radical (unpaired) electrons. The molecular weight excluding hydrogens is 470 g/mol. The van der Waals surface area contributed by atoms with Crippen molar-refractivity contribution >= 4 is 27.8 Å². The first kappa shape index (κ1) is 25.5. The van der Waals surface area contributed by atoms with Crippen LogP contribution in [0.2, 0.25) is 0 Å². The maximum Gasteiger partial charge on any atom is 0.153 e. The number of nitrogens with zero attached hydrogens (tertiary/aromatic N) is 1. The molecule has 0 heterocycles. The van der Waals surface area contributed by atoms with Crippen LogP contribution < -0.4 is 9.47 Å². The van der Waals surface area contributed by atoms with Crippen LogP contribution in [-0.4, -0.2) is 31.4 Å². The highest BCUT2D eigenvalue weighted by Crippen LogP contribution is 2.46. The fourth-order valence-corrected chi connectivity index (χ4v) is 5.23. The van der Waals surface area contributed by atoms with E-state index >= 15 is 0 Å². The van der Waals surface area contributed by atoms with E-state index in [1.165, 1.54) is 5.56 Å². The molecule has 0 spiro atoms. The summed E-state index contributed by atoms with van der Waals surface area (Å²) in [4.78, 5) is 14.5. The Morgan fingerprint density at radius 2 is 1.37 bits per heavy atom. The van der Waals surface area contributed by atoms with Gasteiger partial charge in [0, 0.05) is 17.7 Å². The molecule has 0 bridgehead atoms. The summed E-state index contributed by atoms with van der Waals surface area (Å²) in [6.45, 7) is 7.71. The molecule has 192 valence electrons. The van der Waals surface area contributed by atoms with Gasteiger partial charge in [-0.15, -0.1) is 0 Å². The average Bonchev–Trinajstić information content (AvgIpc) is 2.98. The second-order valence-corrected chi connectivity index (χ2v) is 9.39. The van der Waals surface area contributed by atoms with Gasteiger partial charge in [0.15, 0.2) is 6.29 Å². The molecule has 38 heavy (non-hydrogen) atoms. The van der Waals surface area contributed by atoms with Crippen LogP contribution in [-0.2, 0) is 13.2 Å². The maximum atomic E-state index is 12.1. The molecule has 0 saturated carbocycles. The summed E-state index contributed by atoms with van der Waals surface area (Å²) in [5.74, 6) is 1.31. The molecular formula is C34H33NO3. The molecule has 4 nitrogen and oxygen atoms in total. The summed E-state index contributed by atoms with van der Waals surface area (Å²) in [7, 11) is 1.62. The number of methoxy groups -OCH3 is 1. The van der Waals surface area contributed by atoms with Crippen molar-refractivity contribution in [2.75, 3.05) is 20.2 Å². The normalized spacial score (nSPS) is 11.3. The predicted molar refractivity (Wildman–Crippen MR) is 156 cm³/mol. The number of fused-ring (bicyclic) bond motifs is 2. The zero-order valence-corrected chi connectivity index (χ0v) is 22.2. The first-order valence-corrected chi connectivity index (χ1v) is 13.2. The Morgan fingerprint density at radius 3 is 2.05 bits per heavy atom. The van der Waals surface area contributed by atoms with Crippen LogP contribution >= 0.6 is 0 Å². The molecule has 5 aromatic rings. The van der Waals surface area contributed by atoms with Crippen LogP contribution in [0.3, 0.4) is 0 Å². The van der Waals surface area contributed by atoms with Crippen LogP contribution in [0.25, 0.3) is 32.7 Å². The predicted octanol–water partition coefficient (Wildman–Crippen LogP) is 7.90. The van der Waals surface area contributed by atoms with Gasteiger partial charge in [0.25, 0.3) is 0 Å². The second-order valence-electron chi connectivity index (χ2n) is 9.39. The minimum atomic E-state index is 0.441. The molecule has 0 aliphatic carbocycles. The molecule has 0 aliphatic heterocycles. The monoisotopic (exact) mass is 503 g/mol. The van der Waals surface area contributed by atoms with E-state index < -0.39 is 0 Å². The summed E-state index contributed by atoms with van der Waals surface area (Å²) in [6.07, 6.45) is 0.865. The van der Waals surface area contributed by atoms with Gasteiger partial charge in [-0.25, -0.2) is 0 Å². The Kier molecular flexibility index (Phi) is 7.71. The van der Waals surface area contributed by atoms with Crippen molar-refractivity contribution in [2.24, 2.45) is 0 Å². The van der Waals surface area contributed by atoms with Gasteiger partial charge < -0.3 is 9.47 Å². The average molecular weight is 504 g/mol. The van der Waals surface area contributed by atoms with Crippen LogP contribution in [0.4, 0.5) is 0 Å². The summed E-state index contributed by atoms with van der Waals surface area (Å²) in [5.41, 5.74) is 4.75. The number of ether oxygens (including phenoxy) is 2. The van der Waals surface area contributed by atoms with Crippen molar-refractivity contribution in [3.63, 3.8) is 0 Å². The third-order valence-corrected chi connectivity index (χ3v) is 7.29. The van der Waals surface area contributed by atoms with Crippen LogP contribution in [0, 0.1) is 0 Å². The SMILES string of the molecule is CCN(CC)Cc1ccccc1COc1ccc2ccccc2c1-c1c(OC)c(C=O)cc2ccccc12. The van der Waals surface area contributed by atoms with Crippen LogP contribution in [0.1, 0.15) is 35.3 Å².